The van der Waals surface area contributed by atoms with E-state index in [1.165, 1.54) is 10.9 Å². The third-order valence-electron chi connectivity index (χ3n) is 3.77. The summed E-state index contributed by atoms with van der Waals surface area (Å²) in [6, 6.07) is 7.29. The van der Waals surface area contributed by atoms with Crippen molar-refractivity contribution >= 4 is 20.6 Å². The Morgan fingerprint density at radius 3 is 2.65 bits per heavy atom. The van der Waals surface area contributed by atoms with Crippen LogP contribution in [-0.2, 0) is 16.4 Å². The zero-order chi connectivity index (χ0) is 14.4. The normalized spacial score (nSPS) is 17.2. The van der Waals surface area contributed by atoms with Crippen molar-refractivity contribution in [2.24, 2.45) is 5.41 Å². The van der Waals surface area contributed by atoms with E-state index < -0.39 is 9.84 Å². The molecule has 0 atom stereocenters. The number of hydrogen-bond donors (Lipinski definition) is 0. The first-order chi connectivity index (χ1) is 9.39. The first-order valence-electron chi connectivity index (χ1n) is 6.51. The summed E-state index contributed by atoms with van der Waals surface area (Å²) in [5.41, 5.74) is -0.449. The number of sulfone groups is 1. The van der Waals surface area contributed by atoms with Crippen LogP contribution in [0.15, 0.2) is 35.3 Å². The average molecular weight is 292 g/mol. The van der Waals surface area contributed by atoms with E-state index in [4.69, 9.17) is 0 Å². The number of fused-ring (bicyclic) bond motifs is 1. The Labute approximate surface area is 117 Å². The molecule has 0 amide bonds. The number of rotatable bonds is 4. The lowest BCUT2D eigenvalue weighted by Gasteiger charge is -2.15. The lowest BCUT2D eigenvalue weighted by molar-refractivity contribution is 0.418. The standard InChI is InChI=1S/C14H16N2O3S/c1-20(18,19)10-14(6-7-14)9-16-13(17)12-5-3-2-4-11(12)8-15-16/h2-5,8H,6-7,9-10H2,1H3. The van der Waals surface area contributed by atoms with E-state index in [1.54, 1.807) is 12.3 Å². The van der Waals surface area contributed by atoms with Crippen molar-refractivity contribution in [1.82, 2.24) is 9.78 Å². The maximum absolute atomic E-state index is 12.4. The molecule has 6 heteroatoms. The summed E-state index contributed by atoms with van der Waals surface area (Å²) in [6.45, 7) is 0.379. The zero-order valence-corrected chi connectivity index (χ0v) is 12.1. The summed E-state index contributed by atoms with van der Waals surface area (Å²) in [4.78, 5) is 12.4. The van der Waals surface area contributed by atoms with Crippen LogP contribution in [0.2, 0.25) is 0 Å². The molecule has 1 aliphatic carbocycles. The fraction of sp³-hybridized carbons (Fsp3) is 0.429. The summed E-state index contributed by atoms with van der Waals surface area (Å²) in [5.74, 6) is 0.126. The molecule has 1 saturated carbocycles. The zero-order valence-electron chi connectivity index (χ0n) is 11.2. The Bertz CT molecular complexity index is 820. The predicted octanol–water partition coefficient (Wildman–Crippen LogP) is 1.22. The molecule has 20 heavy (non-hydrogen) atoms. The van der Waals surface area contributed by atoms with Gasteiger partial charge in [0.15, 0.2) is 0 Å². The molecule has 1 fully saturated rings. The van der Waals surface area contributed by atoms with Crippen LogP contribution in [0.25, 0.3) is 10.8 Å². The monoisotopic (exact) mass is 292 g/mol. The average Bonchev–Trinajstić information content (AvgIpc) is 3.10. The van der Waals surface area contributed by atoms with Crippen LogP contribution in [0.5, 0.6) is 0 Å². The molecule has 106 valence electrons. The van der Waals surface area contributed by atoms with Crippen molar-refractivity contribution in [3.05, 3.63) is 40.8 Å². The molecule has 5 nitrogen and oxygen atoms in total. The van der Waals surface area contributed by atoms with Gasteiger partial charge >= 0.3 is 0 Å². The first kappa shape index (κ1) is 13.3. The molecule has 1 aliphatic rings. The fourth-order valence-electron chi connectivity index (χ4n) is 2.64. The molecule has 0 N–H and O–H groups in total. The highest BCUT2D eigenvalue weighted by Crippen LogP contribution is 2.47. The minimum absolute atomic E-state index is 0.126. The van der Waals surface area contributed by atoms with Crippen molar-refractivity contribution in [3.8, 4) is 0 Å². The summed E-state index contributed by atoms with van der Waals surface area (Å²) in [6.07, 6.45) is 4.57. The van der Waals surface area contributed by atoms with Gasteiger partial charge in [0.25, 0.3) is 5.56 Å². The van der Waals surface area contributed by atoms with Crippen molar-refractivity contribution < 1.29 is 8.42 Å². The molecule has 1 aromatic carbocycles. The highest BCUT2D eigenvalue weighted by molar-refractivity contribution is 7.90. The van der Waals surface area contributed by atoms with Crippen LogP contribution in [0.4, 0.5) is 0 Å². The van der Waals surface area contributed by atoms with E-state index in [2.05, 4.69) is 5.10 Å². The van der Waals surface area contributed by atoms with Gasteiger partial charge in [0.2, 0.25) is 0 Å². The van der Waals surface area contributed by atoms with E-state index in [1.807, 2.05) is 18.2 Å². The highest BCUT2D eigenvalue weighted by atomic mass is 32.2. The number of benzene rings is 1. The van der Waals surface area contributed by atoms with E-state index in [0.29, 0.717) is 11.9 Å². The molecule has 0 saturated heterocycles. The molecular formula is C14H16N2O3S. The highest BCUT2D eigenvalue weighted by Gasteiger charge is 2.46. The van der Waals surface area contributed by atoms with Crippen LogP contribution < -0.4 is 5.56 Å². The van der Waals surface area contributed by atoms with Gasteiger partial charge in [0.05, 0.1) is 23.9 Å². The molecular weight excluding hydrogens is 276 g/mol. The quantitative estimate of drug-likeness (QED) is 0.849. The summed E-state index contributed by atoms with van der Waals surface area (Å²) in [7, 11) is -3.04. The molecule has 0 spiro atoms. The molecule has 2 aromatic rings. The molecule has 0 aliphatic heterocycles. The molecule has 0 bridgehead atoms. The van der Waals surface area contributed by atoms with E-state index >= 15 is 0 Å². The number of aromatic nitrogens is 2. The maximum atomic E-state index is 12.4. The van der Waals surface area contributed by atoms with Crippen LogP contribution in [-0.4, -0.2) is 30.2 Å². The first-order valence-corrected chi connectivity index (χ1v) is 8.57. The second-order valence-corrected chi connectivity index (χ2v) is 7.90. The van der Waals surface area contributed by atoms with Crippen LogP contribution in [0.3, 0.4) is 0 Å². The van der Waals surface area contributed by atoms with Gasteiger partial charge in [-0.1, -0.05) is 18.2 Å². The van der Waals surface area contributed by atoms with E-state index in [-0.39, 0.29) is 16.7 Å². The second-order valence-electron chi connectivity index (χ2n) is 5.76. The van der Waals surface area contributed by atoms with Gasteiger partial charge in [-0.2, -0.15) is 5.10 Å². The van der Waals surface area contributed by atoms with E-state index in [9.17, 15) is 13.2 Å². The van der Waals surface area contributed by atoms with Crippen molar-refractivity contribution in [2.75, 3.05) is 12.0 Å². The van der Waals surface area contributed by atoms with Crippen LogP contribution >= 0.6 is 0 Å². The third-order valence-corrected chi connectivity index (χ3v) is 4.91. The Morgan fingerprint density at radius 2 is 2.00 bits per heavy atom. The maximum Gasteiger partial charge on any atom is 0.274 e. The van der Waals surface area contributed by atoms with Crippen molar-refractivity contribution in [2.45, 2.75) is 19.4 Å². The van der Waals surface area contributed by atoms with Gasteiger partial charge in [0.1, 0.15) is 9.84 Å². The van der Waals surface area contributed by atoms with Gasteiger partial charge in [-0.25, -0.2) is 13.1 Å². The number of nitrogens with zero attached hydrogens (tertiary/aromatic N) is 2. The Morgan fingerprint density at radius 1 is 1.30 bits per heavy atom. The summed E-state index contributed by atoms with van der Waals surface area (Å²) < 4.78 is 24.3. The number of hydrogen-bond acceptors (Lipinski definition) is 4. The summed E-state index contributed by atoms with van der Waals surface area (Å²) in [5, 5.41) is 5.60. The van der Waals surface area contributed by atoms with Gasteiger partial charge < -0.3 is 0 Å². The van der Waals surface area contributed by atoms with E-state index in [0.717, 1.165) is 18.2 Å². The van der Waals surface area contributed by atoms with Gasteiger partial charge in [-0.15, -0.1) is 0 Å². The largest absolute Gasteiger partial charge is 0.274 e. The van der Waals surface area contributed by atoms with Crippen LogP contribution in [0.1, 0.15) is 12.8 Å². The SMILES string of the molecule is CS(=O)(=O)CC1(Cn2ncc3ccccc3c2=O)CC1. The third kappa shape index (κ3) is 2.60. The van der Waals surface area contributed by atoms with Crippen molar-refractivity contribution in [1.29, 1.82) is 0 Å². The lowest BCUT2D eigenvalue weighted by Crippen LogP contribution is -2.30. The summed E-state index contributed by atoms with van der Waals surface area (Å²) >= 11 is 0. The topological polar surface area (TPSA) is 69.0 Å². The Hall–Kier alpha value is -1.69. The predicted molar refractivity (Wildman–Crippen MR) is 77.4 cm³/mol. The lowest BCUT2D eigenvalue weighted by atomic mass is 10.1. The van der Waals surface area contributed by atoms with Gasteiger partial charge in [-0.3, -0.25) is 4.79 Å². The fourth-order valence-corrected chi connectivity index (χ4v) is 4.13. The van der Waals surface area contributed by atoms with Crippen molar-refractivity contribution in [3.63, 3.8) is 0 Å². The minimum atomic E-state index is -3.04. The molecule has 0 unspecified atom stereocenters. The molecule has 1 heterocycles. The smallest absolute Gasteiger partial charge is 0.267 e. The second kappa shape index (κ2) is 4.41. The van der Waals surface area contributed by atoms with Gasteiger partial charge in [0, 0.05) is 17.1 Å². The van der Waals surface area contributed by atoms with Crippen LogP contribution in [0, 0.1) is 5.41 Å². The molecule has 3 rings (SSSR count). The Balaban J connectivity index is 1.96. The molecule has 1 aromatic heterocycles. The van der Waals surface area contributed by atoms with Gasteiger partial charge in [-0.05, 0) is 18.9 Å². The Kier molecular flexibility index (Phi) is 2.93. The molecule has 0 radical (unpaired) electrons. The minimum Gasteiger partial charge on any atom is -0.267 e.